The molecule has 0 radical (unpaired) electrons. The topological polar surface area (TPSA) is 55.3 Å². The summed E-state index contributed by atoms with van der Waals surface area (Å²) in [7, 11) is 2.10. The normalized spacial score (nSPS) is 26.5. The molecule has 1 aromatic carbocycles. The number of piperidine rings is 1. The fraction of sp³-hybridized carbons (Fsp3) is 0.462. The summed E-state index contributed by atoms with van der Waals surface area (Å²) in [6, 6.07) is 8.34. The third-order valence-electron chi connectivity index (χ3n) is 3.51. The van der Waals surface area contributed by atoms with Crippen LogP contribution in [0, 0.1) is 0 Å². The second-order valence-corrected chi connectivity index (χ2v) is 4.80. The Hall–Kier alpha value is -1.39. The molecule has 0 aliphatic carbocycles. The van der Waals surface area contributed by atoms with E-state index in [1.165, 1.54) is 0 Å². The van der Waals surface area contributed by atoms with Gasteiger partial charge < -0.3 is 10.2 Å². The molecule has 17 heavy (non-hydrogen) atoms. The van der Waals surface area contributed by atoms with E-state index in [0.717, 1.165) is 36.4 Å². The molecule has 0 bridgehead atoms. The van der Waals surface area contributed by atoms with Crippen LogP contribution in [-0.2, 0) is 0 Å². The number of para-hydroxylation sites is 2. The second kappa shape index (κ2) is 4.13. The van der Waals surface area contributed by atoms with Gasteiger partial charge in [0.05, 0.1) is 6.04 Å². The molecule has 1 aliphatic heterocycles. The predicted molar refractivity (Wildman–Crippen MR) is 66.6 cm³/mol. The molecule has 0 unspecified atom stereocenters. The van der Waals surface area contributed by atoms with Crippen molar-refractivity contribution in [3.63, 3.8) is 0 Å². The van der Waals surface area contributed by atoms with Crippen LogP contribution in [-0.4, -0.2) is 29.5 Å². The van der Waals surface area contributed by atoms with Gasteiger partial charge in [0, 0.05) is 12.6 Å². The molecule has 0 saturated carbocycles. The van der Waals surface area contributed by atoms with Crippen molar-refractivity contribution in [2.45, 2.75) is 24.9 Å². The van der Waals surface area contributed by atoms with Crippen LogP contribution in [0.5, 0.6) is 0 Å². The van der Waals surface area contributed by atoms with Crippen LogP contribution in [0.1, 0.15) is 24.8 Å². The Kier molecular flexibility index (Phi) is 2.61. The number of likely N-dealkylation sites (tertiary alicyclic amines) is 1. The molecule has 1 aliphatic rings. The highest BCUT2D eigenvalue weighted by Crippen LogP contribution is 2.30. The summed E-state index contributed by atoms with van der Waals surface area (Å²) >= 11 is 0. The molecule has 3 rings (SSSR count). The summed E-state index contributed by atoms with van der Waals surface area (Å²) in [6.07, 6.45) is 1.97. The minimum Gasteiger partial charge on any atom is -0.439 e. The van der Waals surface area contributed by atoms with Crippen LogP contribution in [0.25, 0.3) is 11.1 Å². The minimum atomic E-state index is 0.214. The zero-order chi connectivity index (χ0) is 11.8. The van der Waals surface area contributed by atoms with Crippen LogP contribution in [0.2, 0.25) is 0 Å². The van der Waals surface area contributed by atoms with Gasteiger partial charge in [-0.2, -0.15) is 0 Å². The van der Waals surface area contributed by atoms with Gasteiger partial charge in [-0.25, -0.2) is 4.98 Å². The third-order valence-corrected chi connectivity index (χ3v) is 3.51. The highest BCUT2D eigenvalue weighted by atomic mass is 16.3. The maximum Gasteiger partial charge on any atom is 0.212 e. The molecular weight excluding hydrogens is 214 g/mol. The first-order chi connectivity index (χ1) is 8.24. The molecule has 1 aromatic heterocycles. The molecular formula is C13H17N3O. The molecule has 4 nitrogen and oxygen atoms in total. The molecule has 4 heteroatoms. The lowest BCUT2D eigenvalue weighted by molar-refractivity contribution is 0.147. The van der Waals surface area contributed by atoms with Gasteiger partial charge in [-0.15, -0.1) is 0 Å². The Bertz CT molecular complexity index is 489. The standard InChI is InChI=1S/C13H17N3O/c1-16-7-6-9(14)8-11(16)13-15-10-4-2-3-5-12(10)17-13/h2-5,9,11H,6-8,14H2,1H3/t9-,11-/m1/s1. The first-order valence-electron chi connectivity index (χ1n) is 6.05. The molecule has 90 valence electrons. The number of aromatic nitrogens is 1. The van der Waals surface area contributed by atoms with Crippen molar-refractivity contribution in [3.05, 3.63) is 30.2 Å². The number of fused-ring (bicyclic) bond motifs is 1. The Morgan fingerprint density at radius 2 is 2.24 bits per heavy atom. The molecule has 1 fully saturated rings. The first-order valence-corrected chi connectivity index (χ1v) is 6.05. The SMILES string of the molecule is CN1CC[C@@H](N)C[C@@H]1c1nc2ccccc2o1. The predicted octanol–water partition coefficient (Wildman–Crippen LogP) is 1.92. The van der Waals surface area contributed by atoms with Gasteiger partial charge in [0.1, 0.15) is 5.52 Å². The van der Waals surface area contributed by atoms with Crippen LogP contribution >= 0.6 is 0 Å². The largest absolute Gasteiger partial charge is 0.439 e. The van der Waals surface area contributed by atoms with E-state index in [1.54, 1.807) is 0 Å². The van der Waals surface area contributed by atoms with Crippen molar-refractivity contribution >= 4 is 11.1 Å². The van der Waals surface area contributed by atoms with E-state index >= 15 is 0 Å². The van der Waals surface area contributed by atoms with Gasteiger partial charge in [-0.05, 0) is 32.0 Å². The quantitative estimate of drug-likeness (QED) is 0.814. The van der Waals surface area contributed by atoms with Gasteiger partial charge in [-0.1, -0.05) is 12.1 Å². The highest BCUT2D eigenvalue weighted by Gasteiger charge is 2.28. The number of benzene rings is 1. The van der Waals surface area contributed by atoms with E-state index in [9.17, 15) is 0 Å². The molecule has 1 saturated heterocycles. The Balaban J connectivity index is 1.96. The highest BCUT2D eigenvalue weighted by molar-refractivity contribution is 5.72. The Morgan fingerprint density at radius 3 is 3.06 bits per heavy atom. The van der Waals surface area contributed by atoms with Crippen LogP contribution < -0.4 is 5.73 Å². The van der Waals surface area contributed by atoms with Gasteiger partial charge in [0.15, 0.2) is 5.58 Å². The third kappa shape index (κ3) is 1.94. The van der Waals surface area contributed by atoms with E-state index in [4.69, 9.17) is 10.2 Å². The lowest BCUT2D eigenvalue weighted by Crippen LogP contribution is -2.40. The van der Waals surface area contributed by atoms with Crippen molar-refractivity contribution in [1.82, 2.24) is 9.88 Å². The summed E-state index contributed by atoms with van der Waals surface area (Å²) in [5, 5.41) is 0. The summed E-state index contributed by atoms with van der Waals surface area (Å²) in [4.78, 5) is 6.83. The fourth-order valence-electron chi connectivity index (χ4n) is 2.43. The number of nitrogens with two attached hydrogens (primary N) is 1. The Labute approximate surface area is 100 Å². The van der Waals surface area contributed by atoms with Crippen LogP contribution in [0.4, 0.5) is 0 Å². The molecule has 2 aromatic rings. The number of hydrogen-bond acceptors (Lipinski definition) is 4. The van der Waals surface area contributed by atoms with Gasteiger partial charge in [0.25, 0.3) is 0 Å². The zero-order valence-corrected chi connectivity index (χ0v) is 9.97. The van der Waals surface area contributed by atoms with E-state index in [1.807, 2.05) is 24.3 Å². The van der Waals surface area contributed by atoms with Crippen molar-refractivity contribution in [2.75, 3.05) is 13.6 Å². The lowest BCUT2D eigenvalue weighted by Gasteiger charge is -2.33. The van der Waals surface area contributed by atoms with Gasteiger partial charge >= 0.3 is 0 Å². The van der Waals surface area contributed by atoms with Gasteiger partial charge in [-0.3, -0.25) is 4.90 Å². The summed E-state index contributed by atoms with van der Waals surface area (Å²) in [6.45, 7) is 1.00. The van der Waals surface area contributed by atoms with E-state index in [0.29, 0.717) is 0 Å². The molecule has 0 spiro atoms. The number of rotatable bonds is 1. The van der Waals surface area contributed by atoms with Crippen LogP contribution in [0.15, 0.2) is 28.7 Å². The van der Waals surface area contributed by atoms with E-state index in [2.05, 4.69) is 16.9 Å². The lowest BCUT2D eigenvalue weighted by atomic mass is 9.98. The summed E-state index contributed by atoms with van der Waals surface area (Å²) in [5.41, 5.74) is 7.81. The molecule has 2 heterocycles. The van der Waals surface area contributed by atoms with Crippen molar-refractivity contribution < 1.29 is 4.42 Å². The maximum atomic E-state index is 6.02. The van der Waals surface area contributed by atoms with E-state index < -0.39 is 0 Å². The number of nitrogens with zero attached hydrogens (tertiary/aromatic N) is 2. The summed E-state index contributed by atoms with van der Waals surface area (Å²) in [5.74, 6) is 0.795. The zero-order valence-electron chi connectivity index (χ0n) is 9.97. The average Bonchev–Trinajstić information content (AvgIpc) is 2.75. The number of hydrogen-bond donors (Lipinski definition) is 1. The monoisotopic (exact) mass is 231 g/mol. The maximum absolute atomic E-state index is 6.02. The molecule has 2 N–H and O–H groups in total. The fourth-order valence-corrected chi connectivity index (χ4v) is 2.43. The van der Waals surface area contributed by atoms with Crippen LogP contribution in [0.3, 0.4) is 0 Å². The van der Waals surface area contributed by atoms with Crippen molar-refractivity contribution in [3.8, 4) is 0 Å². The minimum absolute atomic E-state index is 0.214. The average molecular weight is 231 g/mol. The van der Waals surface area contributed by atoms with Crippen molar-refractivity contribution in [1.29, 1.82) is 0 Å². The van der Waals surface area contributed by atoms with Crippen molar-refractivity contribution in [2.24, 2.45) is 5.73 Å². The van der Waals surface area contributed by atoms with Gasteiger partial charge in [0.2, 0.25) is 5.89 Å². The smallest absolute Gasteiger partial charge is 0.212 e. The summed E-state index contributed by atoms with van der Waals surface area (Å²) < 4.78 is 5.82. The molecule has 0 amide bonds. The molecule has 2 atom stereocenters. The number of oxazole rings is 1. The first kappa shape index (κ1) is 10.7. The van der Waals surface area contributed by atoms with E-state index in [-0.39, 0.29) is 12.1 Å². The Morgan fingerprint density at radius 1 is 1.41 bits per heavy atom. The second-order valence-electron chi connectivity index (χ2n) is 4.80.